The number of amides is 1. The lowest BCUT2D eigenvalue weighted by Crippen LogP contribution is -2.52. The van der Waals surface area contributed by atoms with E-state index in [0.29, 0.717) is 11.3 Å². The third-order valence-electron chi connectivity index (χ3n) is 6.25. The molecule has 5 nitrogen and oxygen atoms in total. The largest absolute Gasteiger partial charge is 0.444 e. The van der Waals surface area contributed by atoms with Crippen LogP contribution in [0.4, 0.5) is 9.18 Å². The number of rotatable bonds is 2. The normalized spacial score (nSPS) is 24.7. The van der Waals surface area contributed by atoms with Gasteiger partial charge in [0.05, 0.1) is 16.9 Å². The molecule has 0 spiro atoms. The molecule has 148 valence electrons. The number of benzene rings is 1. The highest BCUT2D eigenvalue weighted by Gasteiger charge is 2.64. The molecule has 0 unspecified atom stereocenters. The molecular formula is C22H26FN3O2. The molecule has 1 heterocycles. The SMILES string of the molecule is CC(C)(C)OC(=O)N[C@@]12CC[C@@H](c3cc(-c4ccccc4F)nnc31)C2(C)C. The van der Waals surface area contributed by atoms with Crippen LogP contribution in [0.2, 0.25) is 0 Å². The Morgan fingerprint density at radius 3 is 2.64 bits per heavy atom. The van der Waals surface area contributed by atoms with Gasteiger partial charge in [-0.15, -0.1) is 0 Å². The summed E-state index contributed by atoms with van der Waals surface area (Å²) in [5.74, 6) is -0.0979. The fourth-order valence-corrected chi connectivity index (χ4v) is 4.87. The summed E-state index contributed by atoms with van der Waals surface area (Å²) in [6.45, 7) is 9.82. The average Bonchev–Trinajstić information content (AvgIpc) is 2.93. The van der Waals surface area contributed by atoms with Crippen LogP contribution in [0.1, 0.15) is 64.6 Å². The zero-order valence-electron chi connectivity index (χ0n) is 17.0. The van der Waals surface area contributed by atoms with E-state index < -0.39 is 17.2 Å². The number of nitrogens with zero attached hydrogens (tertiary/aromatic N) is 2. The van der Waals surface area contributed by atoms with E-state index in [9.17, 15) is 9.18 Å². The van der Waals surface area contributed by atoms with Crippen LogP contribution in [0.15, 0.2) is 30.3 Å². The van der Waals surface area contributed by atoms with Gasteiger partial charge in [0.2, 0.25) is 0 Å². The highest BCUT2D eigenvalue weighted by atomic mass is 19.1. The van der Waals surface area contributed by atoms with E-state index in [2.05, 4.69) is 29.4 Å². The van der Waals surface area contributed by atoms with E-state index in [1.54, 1.807) is 18.2 Å². The molecule has 0 aliphatic heterocycles. The molecule has 1 amide bonds. The fraction of sp³-hybridized carbons (Fsp3) is 0.500. The number of fused-ring (bicyclic) bond motifs is 5. The molecule has 2 aromatic rings. The minimum Gasteiger partial charge on any atom is -0.444 e. The summed E-state index contributed by atoms with van der Waals surface area (Å²) in [6.07, 6.45) is 1.26. The second kappa shape index (κ2) is 6.00. The summed E-state index contributed by atoms with van der Waals surface area (Å²) >= 11 is 0. The summed E-state index contributed by atoms with van der Waals surface area (Å²) in [4.78, 5) is 12.6. The number of aromatic nitrogens is 2. The molecular weight excluding hydrogens is 357 g/mol. The number of hydrogen-bond donors (Lipinski definition) is 1. The molecule has 2 aliphatic carbocycles. The number of alkyl carbamates (subject to hydrolysis) is 1. The van der Waals surface area contributed by atoms with Crippen molar-refractivity contribution in [2.45, 2.75) is 64.5 Å². The van der Waals surface area contributed by atoms with E-state index in [1.807, 2.05) is 26.8 Å². The van der Waals surface area contributed by atoms with Crippen LogP contribution in [0.5, 0.6) is 0 Å². The Labute approximate surface area is 164 Å². The summed E-state index contributed by atoms with van der Waals surface area (Å²) < 4.78 is 19.7. The molecule has 28 heavy (non-hydrogen) atoms. The van der Waals surface area contributed by atoms with Crippen LogP contribution in [0, 0.1) is 11.2 Å². The molecule has 1 N–H and O–H groups in total. The third-order valence-corrected chi connectivity index (χ3v) is 6.25. The first-order valence-corrected chi connectivity index (χ1v) is 9.69. The van der Waals surface area contributed by atoms with E-state index in [1.165, 1.54) is 6.07 Å². The Balaban J connectivity index is 1.76. The van der Waals surface area contributed by atoms with Gasteiger partial charge in [0, 0.05) is 11.0 Å². The molecule has 0 saturated heterocycles. The van der Waals surface area contributed by atoms with Gasteiger partial charge in [0.25, 0.3) is 0 Å². The quantitative estimate of drug-likeness (QED) is 0.799. The number of ether oxygens (including phenoxy) is 1. The van der Waals surface area contributed by atoms with E-state index in [4.69, 9.17) is 4.74 Å². The zero-order chi connectivity index (χ0) is 20.3. The second-order valence-electron chi connectivity index (χ2n) is 9.36. The molecule has 1 fully saturated rings. The topological polar surface area (TPSA) is 64.1 Å². The predicted octanol–water partition coefficient (Wildman–Crippen LogP) is 4.92. The summed E-state index contributed by atoms with van der Waals surface area (Å²) in [5, 5.41) is 11.9. The Kier molecular flexibility index (Phi) is 4.04. The Bertz CT molecular complexity index is 951. The maximum Gasteiger partial charge on any atom is 0.408 e. The number of carbonyl (C=O) groups is 1. The van der Waals surface area contributed by atoms with Gasteiger partial charge >= 0.3 is 6.09 Å². The van der Waals surface area contributed by atoms with Gasteiger partial charge in [-0.1, -0.05) is 26.0 Å². The number of hydrogen-bond acceptors (Lipinski definition) is 4. The lowest BCUT2D eigenvalue weighted by atomic mass is 9.75. The van der Waals surface area contributed by atoms with Crippen molar-refractivity contribution in [1.82, 2.24) is 15.5 Å². The molecule has 2 aliphatic rings. The maximum absolute atomic E-state index is 14.2. The standard InChI is InChI=1S/C22H26FN3O2/c1-20(2,3)28-19(27)24-22-11-10-15(21(22,4)5)14-12-17(25-26-18(14)22)13-8-6-7-9-16(13)23/h6-9,12,15H,10-11H2,1-5H3,(H,24,27)/t15-,22-/m0/s1. The van der Waals surface area contributed by atoms with Crippen LogP contribution in [-0.4, -0.2) is 21.9 Å². The first-order chi connectivity index (χ1) is 13.1. The van der Waals surface area contributed by atoms with Gasteiger partial charge in [0.15, 0.2) is 0 Å². The zero-order valence-corrected chi connectivity index (χ0v) is 17.0. The Morgan fingerprint density at radius 2 is 1.96 bits per heavy atom. The average molecular weight is 383 g/mol. The Hall–Kier alpha value is -2.50. The summed E-state index contributed by atoms with van der Waals surface area (Å²) in [6, 6.07) is 8.51. The van der Waals surface area contributed by atoms with E-state index in [-0.39, 0.29) is 17.2 Å². The number of nitrogens with one attached hydrogen (secondary N) is 1. The van der Waals surface area contributed by atoms with Crippen molar-refractivity contribution >= 4 is 6.09 Å². The summed E-state index contributed by atoms with van der Waals surface area (Å²) in [7, 11) is 0. The molecule has 6 heteroatoms. The third kappa shape index (κ3) is 2.69. The van der Waals surface area contributed by atoms with Crippen molar-refractivity contribution in [3.05, 3.63) is 47.4 Å². The van der Waals surface area contributed by atoms with Gasteiger partial charge in [0.1, 0.15) is 11.4 Å². The first-order valence-electron chi connectivity index (χ1n) is 9.69. The van der Waals surface area contributed by atoms with Gasteiger partial charge < -0.3 is 10.1 Å². The van der Waals surface area contributed by atoms with Gasteiger partial charge in [-0.05, 0) is 63.3 Å². The van der Waals surface area contributed by atoms with E-state index in [0.717, 1.165) is 24.1 Å². The van der Waals surface area contributed by atoms with Crippen molar-refractivity contribution in [1.29, 1.82) is 0 Å². The molecule has 4 rings (SSSR count). The monoisotopic (exact) mass is 383 g/mol. The van der Waals surface area contributed by atoms with Crippen LogP contribution in [0.3, 0.4) is 0 Å². The van der Waals surface area contributed by atoms with Crippen LogP contribution < -0.4 is 5.32 Å². The number of carbonyl (C=O) groups excluding carboxylic acids is 1. The van der Waals surface area contributed by atoms with Crippen molar-refractivity contribution in [3.63, 3.8) is 0 Å². The van der Waals surface area contributed by atoms with E-state index >= 15 is 0 Å². The van der Waals surface area contributed by atoms with Gasteiger partial charge in [-0.2, -0.15) is 10.2 Å². The molecule has 0 radical (unpaired) electrons. The lowest BCUT2D eigenvalue weighted by molar-refractivity contribution is 0.0362. The minimum absolute atomic E-state index is 0.221. The lowest BCUT2D eigenvalue weighted by Gasteiger charge is -2.38. The maximum atomic E-state index is 14.2. The van der Waals surface area contributed by atoms with Crippen molar-refractivity contribution < 1.29 is 13.9 Å². The second-order valence-corrected chi connectivity index (χ2v) is 9.36. The van der Waals surface area contributed by atoms with Crippen molar-refractivity contribution in [2.24, 2.45) is 5.41 Å². The molecule has 1 saturated carbocycles. The smallest absolute Gasteiger partial charge is 0.408 e. The highest BCUT2D eigenvalue weighted by Crippen LogP contribution is 2.66. The van der Waals surface area contributed by atoms with Crippen LogP contribution in [-0.2, 0) is 10.3 Å². The fourth-order valence-electron chi connectivity index (χ4n) is 4.87. The molecule has 2 atom stereocenters. The van der Waals surface area contributed by atoms with Crippen LogP contribution >= 0.6 is 0 Å². The minimum atomic E-state index is -0.629. The molecule has 2 bridgehead atoms. The Morgan fingerprint density at radius 1 is 1.25 bits per heavy atom. The predicted molar refractivity (Wildman–Crippen MR) is 104 cm³/mol. The highest BCUT2D eigenvalue weighted by molar-refractivity contribution is 5.71. The summed E-state index contributed by atoms with van der Waals surface area (Å²) in [5.41, 5.74) is 1.33. The van der Waals surface area contributed by atoms with Gasteiger partial charge in [-0.25, -0.2) is 9.18 Å². The molecule has 1 aromatic heterocycles. The van der Waals surface area contributed by atoms with Crippen LogP contribution in [0.25, 0.3) is 11.3 Å². The molecule has 1 aromatic carbocycles. The first kappa shape index (κ1) is 18.8. The number of halogens is 1. The van der Waals surface area contributed by atoms with Crippen molar-refractivity contribution in [3.8, 4) is 11.3 Å². The van der Waals surface area contributed by atoms with Crippen molar-refractivity contribution in [2.75, 3.05) is 0 Å². The van der Waals surface area contributed by atoms with Gasteiger partial charge in [-0.3, -0.25) is 0 Å².